The van der Waals surface area contributed by atoms with Crippen LogP contribution in [0.4, 0.5) is 0 Å². The van der Waals surface area contributed by atoms with Gasteiger partial charge >= 0.3 is 0 Å². The first-order valence-electron chi connectivity index (χ1n) is 5.05. The number of ketones is 1. The van der Waals surface area contributed by atoms with Crippen LogP contribution in [0.3, 0.4) is 0 Å². The Bertz CT molecular complexity index is 423. The highest BCUT2D eigenvalue weighted by Gasteiger charge is 2.15. The van der Waals surface area contributed by atoms with Crippen molar-refractivity contribution in [1.82, 2.24) is 0 Å². The van der Waals surface area contributed by atoms with Gasteiger partial charge in [-0.15, -0.1) is 7.17 Å². The second-order valence-electron chi connectivity index (χ2n) is 3.93. The van der Waals surface area contributed by atoms with Gasteiger partial charge in [0.15, 0.2) is 5.78 Å². The molecular weight excluding hydrogens is 203 g/mol. The molecule has 80 valence electrons. The zero-order valence-electron chi connectivity index (χ0n) is 9.53. The van der Waals surface area contributed by atoms with Gasteiger partial charge in [-0.25, -0.2) is 0 Å². The van der Waals surface area contributed by atoms with Crippen LogP contribution in [0.2, 0.25) is 0 Å². The van der Waals surface area contributed by atoms with Crippen LogP contribution < -0.4 is 0 Å². The number of carbonyl (C=O) groups is 1. The maximum absolute atomic E-state index is 12.0. The molecule has 0 heterocycles. The molecular formula is C13H17OP. The molecule has 0 amide bonds. The van der Waals surface area contributed by atoms with Crippen molar-refractivity contribution in [2.24, 2.45) is 5.92 Å². The molecule has 0 saturated heterocycles. The van der Waals surface area contributed by atoms with E-state index < -0.39 is 7.17 Å². The fourth-order valence-electron chi connectivity index (χ4n) is 1.42. The van der Waals surface area contributed by atoms with Crippen molar-refractivity contribution >= 4 is 24.5 Å². The van der Waals surface area contributed by atoms with E-state index in [4.69, 9.17) is 0 Å². The van der Waals surface area contributed by atoms with Gasteiger partial charge in [0.1, 0.15) is 0 Å². The largest absolute Gasteiger partial charge is 0.294 e. The van der Waals surface area contributed by atoms with Crippen LogP contribution >= 0.6 is 7.17 Å². The Hall–Kier alpha value is -1.07. The van der Waals surface area contributed by atoms with Gasteiger partial charge in [0, 0.05) is 11.2 Å². The Morgan fingerprint density at radius 1 is 1.27 bits per heavy atom. The molecule has 0 N–H and O–H groups in total. The number of rotatable bonds is 3. The summed E-state index contributed by atoms with van der Waals surface area (Å²) in [5, 5.41) is 0.903. The lowest BCUT2D eigenvalue weighted by molar-refractivity contribution is -0.115. The molecule has 15 heavy (non-hydrogen) atoms. The Labute approximate surface area is 92.2 Å². The van der Waals surface area contributed by atoms with Crippen LogP contribution in [-0.2, 0) is 4.79 Å². The predicted octanol–water partition coefficient (Wildman–Crippen LogP) is 2.98. The smallest absolute Gasteiger partial charge is 0.169 e. The average molecular weight is 220 g/mol. The Kier molecular flexibility index (Phi) is 4.11. The molecule has 2 heteroatoms. The van der Waals surface area contributed by atoms with Gasteiger partial charge in [0.2, 0.25) is 0 Å². The van der Waals surface area contributed by atoms with E-state index in [0.717, 1.165) is 10.9 Å². The van der Waals surface area contributed by atoms with E-state index in [-0.39, 0.29) is 11.7 Å². The maximum Gasteiger partial charge on any atom is 0.169 e. The van der Waals surface area contributed by atoms with Crippen LogP contribution in [0.25, 0.3) is 0 Å². The summed E-state index contributed by atoms with van der Waals surface area (Å²) < 4.78 is 0. The normalized spacial score (nSPS) is 12.5. The topological polar surface area (TPSA) is 17.1 Å². The molecule has 0 spiro atoms. The molecule has 0 radical (unpaired) electrons. The molecule has 0 saturated carbocycles. The minimum atomic E-state index is -0.595. The van der Waals surface area contributed by atoms with E-state index in [2.05, 4.69) is 6.30 Å². The zero-order chi connectivity index (χ0) is 11.4. The van der Waals surface area contributed by atoms with Gasteiger partial charge in [-0.3, -0.25) is 4.79 Å². The quantitative estimate of drug-likeness (QED) is 0.716. The lowest BCUT2D eigenvalue weighted by Crippen LogP contribution is -2.19. The molecule has 0 aliphatic carbocycles. The fraction of sp³-hybridized carbons (Fsp3) is 0.308. The molecule has 0 aromatic heterocycles. The van der Waals surface area contributed by atoms with E-state index in [1.54, 1.807) is 0 Å². The zero-order valence-corrected chi connectivity index (χ0v) is 10.4. The predicted molar refractivity (Wildman–Crippen MR) is 70.4 cm³/mol. The summed E-state index contributed by atoms with van der Waals surface area (Å²) in [6.45, 7) is 5.90. The first-order valence-corrected chi connectivity index (χ1v) is 7.02. The van der Waals surface area contributed by atoms with Crippen LogP contribution in [0.5, 0.6) is 0 Å². The fourth-order valence-corrected chi connectivity index (χ4v) is 2.64. The highest BCUT2D eigenvalue weighted by atomic mass is 31.1. The van der Waals surface area contributed by atoms with Crippen LogP contribution in [-0.4, -0.2) is 24.0 Å². The molecule has 1 aromatic rings. The van der Waals surface area contributed by atoms with Crippen molar-refractivity contribution in [2.75, 3.05) is 6.66 Å². The highest BCUT2D eigenvalue weighted by molar-refractivity contribution is 7.59. The second-order valence-corrected chi connectivity index (χ2v) is 5.77. The van der Waals surface area contributed by atoms with E-state index >= 15 is 0 Å². The van der Waals surface area contributed by atoms with Crippen molar-refractivity contribution < 1.29 is 4.79 Å². The summed E-state index contributed by atoms with van der Waals surface area (Å²) in [5.41, 5.74) is 1.03. The standard InChI is InChI=1S/C13H17OP/c1-10(2)12(14)13(15(3)4)11-8-6-5-7-9-11/h5-10H,3H2,1-2,4H3. The first-order chi connectivity index (χ1) is 7.04. The third-order valence-corrected chi connectivity index (χ3v) is 3.43. The molecule has 0 bridgehead atoms. The molecule has 1 rings (SSSR count). The molecule has 0 aliphatic heterocycles. The van der Waals surface area contributed by atoms with Crippen molar-refractivity contribution in [1.29, 1.82) is 0 Å². The second kappa shape index (κ2) is 5.14. The Morgan fingerprint density at radius 2 is 1.80 bits per heavy atom. The molecule has 0 fully saturated rings. The van der Waals surface area contributed by atoms with Gasteiger partial charge < -0.3 is 0 Å². The lowest BCUT2D eigenvalue weighted by Gasteiger charge is -2.09. The summed E-state index contributed by atoms with van der Waals surface area (Å²) >= 11 is 0. The summed E-state index contributed by atoms with van der Waals surface area (Å²) in [6.07, 6.45) is 4.03. The summed E-state index contributed by atoms with van der Waals surface area (Å²) in [4.78, 5) is 12.0. The molecule has 1 atom stereocenters. The monoisotopic (exact) mass is 220 g/mol. The summed E-state index contributed by atoms with van der Waals surface area (Å²) in [5.74, 6) is 0.275. The van der Waals surface area contributed by atoms with Gasteiger partial charge in [-0.05, 0) is 12.2 Å². The minimum absolute atomic E-state index is 0.0481. The van der Waals surface area contributed by atoms with E-state index in [9.17, 15) is 4.79 Å². The number of benzene rings is 1. The van der Waals surface area contributed by atoms with Crippen molar-refractivity contribution in [3.8, 4) is 0 Å². The van der Waals surface area contributed by atoms with Gasteiger partial charge in [-0.1, -0.05) is 50.5 Å². The molecule has 1 nitrogen and oxygen atoms in total. The summed E-state index contributed by atoms with van der Waals surface area (Å²) in [6, 6.07) is 9.85. The Morgan fingerprint density at radius 3 is 2.20 bits per heavy atom. The lowest BCUT2D eigenvalue weighted by atomic mass is 10.0. The molecule has 0 aliphatic rings. The van der Waals surface area contributed by atoms with Crippen molar-refractivity contribution in [3.05, 3.63) is 35.9 Å². The number of carbonyl (C=O) groups excluding carboxylic acids is 1. The first kappa shape index (κ1) is 12.0. The van der Waals surface area contributed by atoms with Crippen LogP contribution in [0.1, 0.15) is 19.4 Å². The van der Waals surface area contributed by atoms with Crippen LogP contribution in [0.15, 0.2) is 30.3 Å². The van der Waals surface area contributed by atoms with Crippen LogP contribution in [0, 0.1) is 5.92 Å². The minimum Gasteiger partial charge on any atom is -0.294 e. The van der Waals surface area contributed by atoms with Gasteiger partial charge in [-0.2, -0.15) is 0 Å². The van der Waals surface area contributed by atoms with E-state index in [0.29, 0.717) is 0 Å². The van der Waals surface area contributed by atoms with Crippen molar-refractivity contribution in [2.45, 2.75) is 13.8 Å². The molecule has 1 unspecified atom stereocenters. The third kappa shape index (κ3) is 2.94. The van der Waals surface area contributed by atoms with E-state index in [1.165, 1.54) is 0 Å². The van der Waals surface area contributed by atoms with Gasteiger partial charge in [0.05, 0.1) is 0 Å². The molecule has 1 aromatic carbocycles. The average Bonchev–Trinajstić information content (AvgIpc) is 2.18. The summed E-state index contributed by atoms with van der Waals surface area (Å²) in [7, 11) is -0.595. The number of hydrogen-bond acceptors (Lipinski definition) is 1. The maximum atomic E-state index is 12.0. The SMILES string of the molecule is C=P(C)=C(C(=O)C(C)C)c1ccccc1. The van der Waals surface area contributed by atoms with E-state index in [1.807, 2.05) is 50.8 Å². The van der Waals surface area contributed by atoms with Crippen molar-refractivity contribution in [3.63, 3.8) is 0 Å². The number of hydrogen-bond donors (Lipinski definition) is 0. The highest BCUT2D eigenvalue weighted by Crippen LogP contribution is 2.15. The Balaban J connectivity index is 3.25. The number of Topliss-reactive ketones (excluding diaryl/α,β-unsaturated/α-hetero) is 1. The third-order valence-electron chi connectivity index (χ3n) is 2.19. The van der Waals surface area contributed by atoms with Gasteiger partial charge in [0.25, 0.3) is 0 Å².